The van der Waals surface area contributed by atoms with E-state index in [1.165, 1.54) is 13.2 Å². The minimum Gasteiger partial charge on any atom is -0.494 e. The van der Waals surface area contributed by atoms with E-state index in [4.69, 9.17) is 40.5 Å². The molecule has 2 aromatic carbocycles. The molecule has 4 heterocycles. The SMILES string of the molecule is COC(=O)c1cc(OC)c2nc(CN3C[C@@H]4C(c5cccc(OCc6ccc(Cl)cc6F)n5)[C@@H]4C3)n(CC3CCO3)c2c1. The Morgan fingerprint density at radius 2 is 1.93 bits per heavy atom. The maximum Gasteiger partial charge on any atom is 0.338 e. The number of likely N-dealkylation sites (tertiary alicyclic amines) is 1. The molecule has 2 aromatic heterocycles. The van der Waals surface area contributed by atoms with Crippen molar-refractivity contribution < 1.29 is 28.1 Å². The first-order valence-corrected chi connectivity index (χ1v) is 14.8. The number of fused-ring (bicyclic) bond motifs is 2. The van der Waals surface area contributed by atoms with Gasteiger partial charge >= 0.3 is 5.97 Å². The lowest BCUT2D eigenvalue weighted by Crippen LogP contribution is -2.33. The number of benzene rings is 2. The van der Waals surface area contributed by atoms with E-state index in [2.05, 4.69) is 9.47 Å². The number of rotatable bonds is 10. The summed E-state index contributed by atoms with van der Waals surface area (Å²) >= 11 is 5.86. The molecule has 3 fully saturated rings. The Bertz CT molecular complexity index is 1680. The van der Waals surface area contributed by atoms with Crippen LogP contribution >= 0.6 is 11.6 Å². The Labute approximate surface area is 253 Å². The molecule has 2 saturated heterocycles. The number of carbonyl (C=O) groups is 1. The molecular formula is C32H32ClFN4O5. The zero-order valence-electron chi connectivity index (χ0n) is 24.0. The first-order valence-electron chi connectivity index (χ1n) is 14.4. The first-order chi connectivity index (χ1) is 20.9. The van der Waals surface area contributed by atoms with Crippen LogP contribution in [0.25, 0.3) is 11.0 Å². The standard InChI is InChI=1S/C32H32ClFN4O5/c1-40-27-11-19(32(39)41-2)10-26-31(27)36-28(38(26)13-21-8-9-42-21)16-37-14-22-23(15-37)30(22)25-4-3-5-29(35-25)43-17-18-6-7-20(33)12-24(18)34/h3-7,10-12,21-23,30H,8-9,13-17H2,1-2H3/t21?,22-,23+,30?. The van der Waals surface area contributed by atoms with Gasteiger partial charge in [0, 0.05) is 48.0 Å². The van der Waals surface area contributed by atoms with Crippen molar-refractivity contribution in [1.29, 1.82) is 0 Å². The molecule has 7 rings (SSSR count). The number of aromatic nitrogens is 3. The van der Waals surface area contributed by atoms with Gasteiger partial charge in [-0.2, -0.15) is 0 Å². The maximum atomic E-state index is 14.2. The Hall–Kier alpha value is -3.73. The van der Waals surface area contributed by atoms with E-state index in [9.17, 15) is 9.18 Å². The van der Waals surface area contributed by atoms with Crippen LogP contribution in [0.2, 0.25) is 5.02 Å². The van der Waals surface area contributed by atoms with Crippen LogP contribution in [-0.4, -0.2) is 65.4 Å². The average molecular weight is 607 g/mol. The highest BCUT2D eigenvalue weighted by atomic mass is 35.5. The van der Waals surface area contributed by atoms with Gasteiger partial charge in [0.25, 0.3) is 0 Å². The fourth-order valence-corrected chi connectivity index (χ4v) is 6.62. The monoisotopic (exact) mass is 606 g/mol. The summed E-state index contributed by atoms with van der Waals surface area (Å²) in [6, 6.07) is 13.9. The second-order valence-corrected chi connectivity index (χ2v) is 11.9. The number of hydrogen-bond acceptors (Lipinski definition) is 8. The van der Waals surface area contributed by atoms with Crippen LogP contribution in [0.3, 0.4) is 0 Å². The van der Waals surface area contributed by atoms with Crippen LogP contribution in [0.4, 0.5) is 4.39 Å². The molecule has 0 N–H and O–H groups in total. The summed E-state index contributed by atoms with van der Waals surface area (Å²) in [5.41, 5.74) is 3.44. The highest BCUT2D eigenvalue weighted by molar-refractivity contribution is 6.30. The number of nitrogens with zero attached hydrogens (tertiary/aromatic N) is 4. The third kappa shape index (κ3) is 5.43. The lowest BCUT2D eigenvalue weighted by Gasteiger charge is -2.28. The molecule has 3 aliphatic rings. The van der Waals surface area contributed by atoms with Crippen LogP contribution < -0.4 is 9.47 Å². The minimum atomic E-state index is -0.416. The van der Waals surface area contributed by atoms with Gasteiger partial charge in [-0.1, -0.05) is 23.7 Å². The van der Waals surface area contributed by atoms with E-state index in [0.29, 0.717) is 58.6 Å². The summed E-state index contributed by atoms with van der Waals surface area (Å²) in [5.74, 6) is 2.53. The van der Waals surface area contributed by atoms with E-state index in [0.717, 1.165) is 48.7 Å². The number of pyridine rings is 1. The van der Waals surface area contributed by atoms with Gasteiger partial charge in [-0.3, -0.25) is 4.90 Å². The summed E-state index contributed by atoms with van der Waals surface area (Å²) in [7, 11) is 2.96. The summed E-state index contributed by atoms with van der Waals surface area (Å²) in [4.78, 5) is 24.6. The number of piperidine rings is 1. The summed E-state index contributed by atoms with van der Waals surface area (Å²) in [5, 5.41) is 0.354. The van der Waals surface area contributed by atoms with Gasteiger partial charge < -0.3 is 23.5 Å². The maximum absolute atomic E-state index is 14.2. The molecule has 1 saturated carbocycles. The topological polar surface area (TPSA) is 87.9 Å². The molecule has 0 spiro atoms. The van der Waals surface area contributed by atoms with Crippen molar-refractivity contribution in [3.8, 4) is 11.6 Å². The van der Waals surface area contributed by atoms with Crippen molar-refractivity contribution in [2.45, 2.75) is 38.1 Å². The van der Waals surface area contributed by atoms with Crippen molar-refractivity contribution in [2.24, 2.45) is 11.8 Å². The van der Waals surface area contributed by atoms with Gasteiger partial charge in [0.1, 0.15) is 29.5 Å². The number of carbonyl (C=O) groups excluding carboxylic acids is 1. The van der Waals surface area contributed by atoms with Gasteiger partial charge in [0.15, 0.2) is 0 Å². The van der Waals surface area contributed by atoms with Crippen molar-refractivity contribution in [3.63, 3.8) is 0 Å². The second kappa shape index (κ2) is 11.4. The third-order valence-corrected chi connectivity index (χ3v) is 9.07. The number of esters is 1. The Balaban J connectivity index is 1.05. The summed E-state index contributed by atoms with van der Waals surface area (Å²) in [6.07, 6.45) is 1.12. The van der Waals surface area contributed by atoms with Crippen molar-refractivity contribution in [2.75, 3.05) is 33.9 Å². The zero-order valence-corrected chi connectivity index (χ0v) is 24.7. The minimum absolute atomic E-state index is 0.0869. The molecule has 1 aliphatic carbocycles. The van der Waals surface area contributed by atoms with Crippen LogP contribution in [0.1, 0.15) is 39.8 Å². The van der Waals surface area contributed by atoms with Crippen molar-refractivity contribution >= 4 is 28.6 Å². The Morgan fingerprint density at radius 3 is 2.63 bits per heavy atom. The Kier molecular flexibility index (Phi) is 7.44. The van der Waals surface area contributed by atoms with Gasteiger partial charge in [-0.05, 0) is 48.6 Å². The number of ether oxygens (including phenoxy) is 4. The van der Waals surface area contributed by atoms with Crippen molar-refractivity contribution in [1.82, 2.24) is 19.4 Å². The van der Waals surface area contributed by atoms with Gasteiger partial charge in [0.2, 0.25) is 5.88 Å². The number of imidazole rings is 1. The molecule has 0 amide bonds. The largest absolute Gasteiger partial charge is 0.494 e. The van der Waals surface area contributed by atoms with Crippen LogP contribution in [0.15, 0.2) is 48.5 Å². The highest BCUT2D eigenvalue weighted by Crippen LogP contribution is 2.58. The fourth-order valence-electron chi connectivity index (χ4n) is 6.46. The van der Waals surface area contributed by atoms with Crippen LogP contribution in [0.5, 0.6) is 11.6 Å². The molecule has 43 heavy (non-hydrogen) atoms. The Morgan fingerprint density at radius 1 is 1.12 bits per heavy atom. The van der Waals surface area contributed by atoms with Crippen molar-refractivity contribution in [3.05, 3.63) is 82.0 Å². The molecule has 9 nitrogen and oxygen atoms in total. The molecule has 11 heteroatoms. The van der Waals surface area contributed by atoms with E-state index >= 15 is 0 Å². The number of hydrogen-bond donors (Lipinski definition) is 0. The molecule has 0 radical (unpaired) electrons. The van der Waals surface area contributed by atoms with E-state index in [1.54, 1.807) is 31.4 Å². The average Bonchev–Trinajstić information content (AvgIpc) is 3.30. The number of methoxy groups -OCH3 is 2. The first kappa shape index (κ1) is 28.1. The summed E-state index contributed by atoms with van der Waals surface area (Å²) < 4.78 is 38.5. The quantitative estimate of drug-likeness (QED) is 0.227. The normalized spacial score (nSPS) is 22.7. The lowest BCUT2D eigenvalue weighted by molar-refractivity contribution is -0.0591. The van der Waals surface area contributed by atoms with Gasteiger partial charge in [-0.15, -0.1) is 0 Å². The molecular weight excluding hydrogens is 575 g/mol. The second-order valence-electron chi connectivity index (χ2n) is 11.4. The predicted molar refractivity (Wildman–Crippen MR) is 157 cm³/mol. The lowest BCUT2D eigenvalue weighted by atomic mass is 10.1. The van der Waals surface area contributed by atoms with E-state index in [-0.39, 0.29) is 12.7 Å². The molecule has 224 valence electrons. The predicted octanol–water partition coefficient (Wildman–Crippen LogP) is 5.23. The smallest absolute Gasteiger partial charge is 0.338 e. The fraction of sp³-hybridized carbons (Fsp3) is 0.406. The van der Waals surface area contributed by atoms with E-state index in [1.807, 2.05) is 18.2 Å². The van der Waals surface area contributed by atoms with Crippen LogP contribution in [0, 0.1) is 17.7 Å². The zero-order chi connectivity index (χ0) is 29.7. The number of halogens is 2. The molecule has 4 aromatic rings. The molecule has 0 bridgehead atoms. The van der Waals surface area contributed by atoms with E-state index < -0.39 is 11.8 Å². The van der Waals surface area contributed by atoms with Gasteiger partial charge in [-0.25, -0.2) is 19.2 Å². The molecule has 2 aliphatic heterocycles. The highest BCUT2D eigenvalue weighted by Gasteiger charge is 2.57. The van der Waals surface area contributed by atoms with Crippen LogP contribution in [-0.2, 0) is 29.2 Å². The summed E-state index contributed by atoms with van der Waals surface area (Å²) in [6.45, 7) is 4.07. The molecule has 4 atom stereocenters. The molecule has 2 unspecified atom stereocenters. The van der Waals surface area contributed by atoms with Gasteiger partial charge in [0.05, 0.1) is 44.5 Å². The third-order valence-electron chi connectivity index (χ3n) is 8.83.